The van der Waals surface area contributed by atoms with E-state index in [1.807, 2.05) is 0 Å². The van der Waals surface area contributed by atoms with Gasteiger partial charge in [-0.05, 0) is 43.2 Å². The van der Waals surface area contributed by atoms with Crippen molar-refractivity contribution in [3.63, 3.8) is 0 Å². The van der Waals surface area contributed by atoms with E-state index in [-0.39, 0.29) is 29.4 Å². The molecule has 2 atom stereocenters. The molecule has 116 valence electrons. The number of benzene rings is 1. The van der Waals surface area contributed by atoms with E-state index in [2.05, 4.69) is 0 Å². The largest absolute Gasteiger partial charge is 0.508 e. The van der Waals surface area contributed by atoms with E-state index in [9.17, 15) is 14.3 Å². The third-order valence-corrected chi connectivity index (χ3v) is 4.28. The Labute approximate surface area is 125 Å². The monoisotopic (exact) mass is 294 g/mol. The van der Waals surface area contributed by atoms with Gasteiger partial charge in [0.2, 0.25) is 0 Å². The second kappa shape index (κ2) is 7.43. The minimum atomic E-state index is -0.379. The van der Waals surface area contributed by atoms with Crippen molar-refractivity contribution in [1.82, 2.24) is 0 Å². The molecule has 0 saturated heterocycles. The molecule has 0 heterocycles. The van der Waals surface area contributed by atoms with Gasteiger partial charge in [-0.25, -0.2) is 4.39 Å². The highest BCUT2D eigenvalue weighted by atomic mass is 19.1. The number of halogens is 1. The van der Waals surface area contributed by atoms with Gasteiger partial charge in [-0.2, -0.15) is 0 Å². The summed E-state index contributed by atoms with van der Waals surface area (Å²) in [6.45, 7) is 2.17. The molecule has 0 radical (unpaired) electrons. The minimum Gasteiger partial charge on any atom is -0.508 e. The lowest BCUT2D eigenvalue weighted by Crippen LogP contribution is -2.18. The van der Waals surface area contributed by atoms with Crippen LogP contribution in [0.2, 0.25) is 0 Å². The van der Waals surface area contributed by atoms with Gasteiger partial charge in [0.25, 0.3) is 0 Å². The smallest absolute Gasteiger partial charge is 0.306 e. The van der Waals surface area contributed by atoms with Crippen LogP contribution < -0.4 is 0 Å². The van der Waals surface area contributed by atoms with Gasteiger partial charge in [0.1, 0.15) is 11.6 Å². The van der Waals surface area contributed by atoms with Gasteiger partial charge in [-0.15, -0.1) is 0 Å². The zero-order chi connectivity index (χ0) is 15.2. The molecule has 0 spiro atoms. The van der Waals surface area contributed by atoms with E-state index in [1.165, 1.54) is 6.07 Å². The standard InChI is InChI=1S/C17H23FO3/c1-2-21-17(20)10-12-6-4-3-5-7-14(12)15-9-8-13(19)11-16(15)18/h8-9,11-12,14,19H,2-7,10H2,1H3. The van der Waals surface area contributed by atoms with Crippen LogP contribution in [0.3, 0.4) is 0 Å². The zero-order valence-corrected chi connectivity index (χ0v) is 12.5. The first-order valence-electron chi connectivity index (χ1n) is 7.75. The second-order valence-electron chi connectivity index (χ2n) is 5.72. The summed E-state index contributed by atoms with van der Waals surface area (Å²) >= 11 is 0. The number of phenols is 1. The molecule has 1 fully saturated rings. The molecule has 21 heavy (non-hydrogen) atoms. The van der Waals surface area contributed by atoms with Crippen LogP contribution in [0.5, 0.6) is 5.75 Å². The average molecular weight is 294 g/mol. The highest BCUT2D eigenvalue weighted by Gasteiger charge is 2.29. The summed E-state index contributed by atoms with van der Waals surface area (Å²) in [5.74, 6) is -0.501. The minimum absolute atomic E-state index is 0.0255. The summed E-state index contributed by atoms with van der Waals surface area (Å²) in [5, 5.41) is 9.36. The topological polar surface area (TPSA) is 46.5 Å². The Balaban J connectivity index is 2.20. The van der Waals surface area contributed by atoms with Crippen LogP contribution in [0.25, 0.3) is 0 Å². The average Bonchev–Trinajstić information content (AvgIpc) is 2.65. The molecule has 0 aromatic heterocycles. The van der Waals surface area contributed by atoms with Crippen LogP contribution >= 0.6 is 0 Å². The number of carbonyl (C=O) groups excluding carboxylic acids is 1. The van der Waals surface area contributed by atoms with E-state index in [1.54, 1.807) is 13.0 Å². The first kappa shape index (κ1) is 15.8. The van der Waals surface area contributed by atoms with Crippen LogP contribution in [-0.4, -0.2) is 17.7 Å². The number of hydrogen-bond donors (Lipinski definition) is 1. The molecule has 1 aromatic carbocycles. The Hall–Kier alpha value is -1.58. The summed E-state index contributed by atoms with van der Waals surface area (Å²) in [7, 11) is 0. The summed E-state index contributed by atoms with van der Waals surface area (Å²) in [5.41, 5.74) is 0.615. The van der Waals surface area contributed by atoms with Crippen molar-refractivity contribution in [2.24, 2.45) is 5.92 Å². The SMILES string of the molecule is CCOC(=O)CC1CCCCCC1c1ccc(O)cc1F. The molecule has 0 amide bonds. The number of aromatic hydroxyl groups is 1. The fraction of sp³-hybridized carbons (Fsp3) is 0.588. The lowest BCUT2D eigenvalue weighted by molar-refractivity contribution is -0.144. The van der Waals surface area contributed by atoms with E-state index in [0.717, 1.165) is 38.2 Å². The highest BCUT2D eigenvalue weighted by molar-refractivity contribution is 5.69. The normalized spacial score (nSPS) is 22.6. The molecule has 0 bridgehead atoms. The summed E-state index contributed by atoms with van der Waals surface area (Å²) in [4.78, 5) is 11.8. The zero-order valence-electron chi connectivity index (χ0n) is 12.5. The van der Waals surface area contributed by atoms with E-state index in [0.29, 0.717) is 18.6 Å². The van der Waals surface area contributed by atoms with Crippen LogP contribution in [0.1, 0.15) is 56.9 Å². The lowest BCUT2D eigenvalue weighted by Gasteiger charge is -2.25. The first-order valence-corrected chi connectivity index (χ1v) is 7.75. The van der Waals surface area contributed by atoms with E-state index >= 15 is 0 Å². The van der Waals surface area contributed by atoms with Gasteiger partial charge in [0.15, 0.2) is 0 Å². The molecule has 1 aromatic rings. The van der Waals surface area contributed by atoms with Crippen molar-refractivity contribution in [2.45, 2.75) is 51.4 Å². The van der Waals surface area contributed by atoms with Crippen molar-refractivity contribution < 1.29 is 19.0 Å². The molecule has 0 aliphatic heterocycles. The third-order valence-electron chi connectivity index (χ3n) is 4.28. The number of esters is 1. The molecule has 4 heteroatoms. The Morgan fingerprint density at radius 3 is 2.81 bits per heavy atom. The summed E-state index contributed by atoms with van der Waals surface area (Å²) in [6, 6.07) is 4.32. The lowest BCUT2D eigenvalue weighted by atomic mass is 9.80. The quantitative estimate of drug-likeness (QED) is 0.670. The van der Waals surface area contributed by atoms with Crippen molar-refractivity contribution in [1.29, 1.82) is 0 Å². The summed E-state index contributed by atoms with van der Waals surface area (Å²) < 4.78 is 19.2. The number of carbonyl (C=O) groups is 1. The van der Waals surface area contributed by atoms with Crippen molar-refractivity contribution in [3.05, 3.63) is 29.6 Å². The van der Waals surface area contributed by atoms with Gasteiger partial charge in [-0.3, -0.25) is 4.79 Å². The Bertz CT molecular complexity index is 487. The summed E-state index contributed by atoms with van der Waals surface area (Å²) in [6.07, 6.45) is 5.38. The predicted molar refractivity (Wildman–Crippen MR) is 78.6 cm³/mol. The Morgan fingerprint density at radius 1 is 1.33 bits per heavy atom. The van der Waals surface area contributed by atoms with Crippen molar-refractivity contribution in [2.75, 3.05) is 6.61 Å². The number of hydrogen-bond acceptors (Lipinski definition) is 3. The molecule has 1 aliphatic carbocycles. The molecule has 1 N–H and O–H groups in total. The molecule has 1 saturated carbocycles. The first-order chi connectivity index (χ1) is 10.1. The Morgan fingerprint density at radius 2 is 2.10 bits per heavy atom. The van der Waals surface area contributed by atoms with Crippen LogP contribution in [-0.2, 0) is 9.53 Å². The molecule has 1 aliphatic rings. The number of ether oxygens (including phenoxy) is 1. The van der Waals surface area contributed by atoms with E-state index in [4.69, 9.17) is 4.74 Å². The predicted octanol–water partition coefficient (Wildman–Crippen LogP) is 4.15. The van der Waals surface area contributed by atoms with Gasteiger partial charge >= 0.3 is 5.97 Å². The van der Waals surface area contributed by atoms with Crippen molar-refractivity contribution >= 4 is 5.97 Å². The maximum atomic E-state index is 14.2. The second-order valence-corrected chi connectivity index (χ2v) is 5.72. The maximum Gasteiger partial charge on any atom is 0.306 e. The molecule has 3 nitrogen and oxygen atoms in total. The molecular formula is C17H23FO3. The van der Waals surface area contributed by atoms with Gasteiger partial charge < -0.3 is 9.84 Å². The number of phenolic OH excluding ortho intramolecular Hbond substituents is 1. The Kier molecular flexibility index (Phi) is 5.59. The van der Waals surface area contributed by atoms with E-state index < -0.39 is 0 Å². The van der Waals surface area contributed by atoms with Gasteiger partial charge in [-0.1, -0.05) is 25.3 Å². The van der Waals surface area contributed by atoms with Crippen LogP contribution in [0.15, 0.2) is 18.2 Å². The van der Waals surface area contributed by atoms with Crippen molar-refractivity contribution in [3.8, 4) is 5.75 Å². The third kappa shape index (κ3) is 4.19. The van der Waals surface area contributed by atoms with Gasteiger partial charge in [0, 0.05) is 12.5 Å². The van der Waals surface area contributed by atoms with Crippen LogP contribution in [0.4, 0.5) is 4.39 Å². The molecule has 2 rings (SSSR count). The molecular weight excluding hydrogens is 271 g/mol. The van der Waals surface area contributed by atoms with Gasteiger partial charge in [0.05, 0.1) is 6.61 Å². The maximum absolute atomic E-state index is 14.2. The fourth-order valence-corrected chi connectivity index (χ4v) is 3.29. The fourth-order valence-electron chi connectivity index (χ4n) is 3.29. The molecule has 2 unspecified atom stereocenters. The highest BCUT2D eigenvalue weighted by Crippen LogP contribution is 2.40. The van der Waals surface area contributed by atoms with Crippen LogP contribution in [0, 0.1) is 11.7 Å². The number of rotatable bonds is 4.